The predicted molar refractivity (Wildman–Crippen MR) is 69.3 cm³/mol. The summed E-state index contributed by atoms with van der Waals surface area (Å²) in [6.07, 6.45) is -4.35. The first kappa shape index (κ1) is 15.0. The molecule has 1 saturated heterocycles. The van der Waals surface area contributed by atoms with Crippen LogP contribution in [0.15, 0.2) is 0 Å². The molecule has 100 valence electrons. The lowest BCUT2D eigenvalue weighted by molar-refractivity contribution is -0.160. The molecule has 0 saturated carbocycles. The number of nitrogens with zero attached hydrogens (tertiary/aromatic N) is 1. The molecule has 3 unspecified atom stereocenters. The van der Waals surface area contributed by atoms with Gasteiger partial charge in [-0.15, -0.1) is 0 Å². The molecule has 7 heteroatoms. The van der Waals surface area contributed by atoms with Gasteiger partial charge in [0.05, 0.1) is 4.99 Å². The molecule has 1 aliphatic rings. The first-order valence-corrected chi connectivity index (χ1v) is 6.91. The molecule has 3 atom stereocenters. The Balaban J connectivity index is 2.70. The van der Waals surface area contributed by atoms with E-state index >= 15 is 0 Å². The molecule has 0 spiro atoms. The van der Waals surface area contributed by atoms with Gasteiger partial charge in [0.2, 0.25) is 0 Å². The smallest absolute Gasteiger partial charge is 0.393 e. The summed E-state index contributed by atoms with van der Waals surface area (Å²) in [4.78, 5) is 1.37. The Morgan fingerprint density at radius 3 is 2.59 bits per heavy atom. The lowest BCUT2D eigenvalue weighted by Crippen LogP contribution is -2.51. The van der Waals surface area contributed by atoms with Crippen molar-refractivity contribution < 1.29 is 13.2 Å². The maximum absolute atomic E-state index is 12.8. The first-order chi connectivity index (χ1) is 7.73. The Bertz CT molecular complexity index is 283. The average Bonchev–Trinajstić information content (AvgIpc) is 2.17. The van der Waals surface area contributed by atoms with Gasteiger partial charge in [0.25, 0.3) is 0 Å². The maximum atomic E-state index is 12.8. The zero-order valence-electron chi connectivity index (χ0n) is 9.83. The zero-order valence-corrected chi connectivity index (χ0v) is 11.5. The van der Waals surface area contributed by atoms with Crippen LogP contribution in [-0.2, 0) is 0 Å². The number of hydrogen-bond donors (Lipinski definition) is 1. The van der Waals surface area contributed by atoms with Gasteiger partial charge >= 0.3 is 6.18 Å². The van der Waals surface area contributed by atoms with Crippen molar-refractivity contribution in [3.05, 3.63) is 0 Å². The second-order valence-corrected chi connectivity index (χ2v) is 6.26. The zero-order chi connectivity index (χ0) is 13.2. The largest absolute Gasteiger partial charge is 0.399 e. The van der Waals surface area contributed by atoms with Gasteiger partial charge in [0.1, 0.15) is 5.92 Å². The van der Waals surface area contributed by atoms with Crippen LogP contribution in [0.1, 0.15) is 13.8 Å². The average molecular weight is 286 g/mol. The Labute approximate surface area is 109 Å². The van der Waals surface area contributed by atoms with Crippen LogP contribution in [0.5, 0.6) is 0 Å². The van der Waals surface area contributed by atoms with E-state index in [-0.39, 0.29) is 12.6 Å². The van der Waals surface area contributed by atoms with Crippen LogP contribution < -0.4 is 5.73 Å². The summed E-state index contributed by atoms with van der Waals surface area (Å²) in [5, 5.41) is 0.337. The SMILES string of the molecule is CC1SCCN(CC(C(N)=S)C(F)(F)F)C1C. The Morgan fingerprint density at radius 2 is 2.12 bits per heavy atom. The van der Waals surface area contributed by atoms with Crippen molar-refractivity contribution in [2.45, 2.75) is 31.3 Å². The van der Waals surface area contributed by atoms with Crippen molar-refractivity contribution in [3.8, 4) is 0 Å². The molecule has 0 aromatic carbocycles. The fourth-order valence-electron chi connectivity index (χ4n) is 1.84. The molecule has 1 aliphatic heterocycles. The summed E-state index contributed by atoms with van der Waals surface area (Å²) in [6, 6.07) is 0.118. The van der Waals surface area contributed by atoms with Crippen molar-refractivity contribution in [3.63, 3.8) is 0 Å². The number of alkyl halides is 3. The van der Waals surface area contributed by atoms with Gasteiger partial charge in [-0.25, -0.2) is 0 Å². The Hall–Kier alpha value is -0.0100. The molecule has 1 fully saturated rings. The Morgan fingerprint density at radius 1 is 1.53 bits per heavy atom. The van der Waals surface area contributed by atoms with Gasteiger partial charge in [-0.3, -0.25) is 4.90 Å². The monoisotopic (exact) mass is 286 g/mol. The lowest BCUT2D eigenvalue weighted by Gasteiger charge is -2.39. The molecule has 1 rings (SSSR count). The van der Waals surface area contributed by atoms with Crippen LogP contribution >= 0.6 is 24.0 Å². The first-order valence-electron chi connectivity index (χ1n) is 5.45. The summed E-state index contributed by atoms with van der Waals surface area (Å²) in [5.74, 6) is -0.844. The molecule has 2 N–H and O–H groups in total. The number of halogens is 3. The van der Waals surface area contributed by atoms with Crippen molar-refractivity contribution in [2.75, 3.05) is 18.8 Å². The summed E-state index contributed by atoms with van der Waals surface area (Å²) in [6.45, 7) is 4.52. The van der Waals surface area contributed by atoms with E-state index in [2.05, 4.69) is 12.2 Å². The Kier molecular flexibility index (Phi) is 5.09. The van der Waals surface area contributed by atoms with Gasteiger partial charge in [-0.1, -0.05) is 19.1 Å². The second kappa shape index (κ2) is 5.75. The van der Waals surface area contributed by atoms with Gasteiger partial charge < -0.3 is 5.73 Å². The minimum absolute atomic E-state index is 0.118. The minimum Gasteiger partial charge on any atom is -0.393 e. The minimum atomic E-state index is -4.35. The summed E-state index contributed by atoms with van der Waals surface area (Å²) < 4.78 is 38.3. The number of nitrogens with two attached hydrogens (primary N) is 1. The van der Waals surface area contributed by atoms with Crippen LogP contribution in [-0.4, -0.2) is 46.2 Å². The highest BCUT2D eigenvalue weighted by molar-refractivity contribution is 8.00. The van der Waals surface area contributed by atoms with E-state index in [9.17, 15) is 13.2 Å². The molecule has 0 aliphatic carbocycles. The summed E-state index contributed by atoms with van der Waals surface area (Å²) >= 11 is 6.31. The highest BCUT2D eigenvalue weighted by Gasteiger charge is 2.43. The second-order valence-electron chi connectivity index (χ2n) is 4.31. The van der Waals surface area contributed by atoms with E-state index in [1.807, 2.05) is 18.7 Å². The molecule has 0 amide bonds. The molecular weight excluding hydrogens is 269 g/mol. The molecular formula is C10H17F3N2S2. The fourth-order valence-corrected chi connectivity index (χ4v) is 3.21. The normalized spacial score (nSPS) is 29.0. The van der Waals surface area contributed by atoms with Gasteiger partial charge in [-0.2, -0.15) is 24.9 Å². The number of rotatable bonds is 3. The number of thioether (sulfide) groups is 1. The topological polar surface area (TPSA) is 29.3 Å². The third kappa shape index (κ3) is 3.99. The van der Waals surface area contributed by atoms with E-state index in [4.69, 9.17) is 5.73 Å². The van der Waals surface area contributed by atoms with Crippen molar-refractivity contribution >= 4 is 29.0 Å². The third-order valence-electron chi connectivity index (χ3n) is 3.17. The van der Waals surface area contributed by atoms with Gasteiger partial charge in [0, 0.05) is 30.1 Å². The van der Waals surface area contributed by atoms with E-state index in [1.165, 1.54) is 0 Å². The number of thiocarbonyl (C=S) groups is 1. The molecule has 2 nitrogen and oxygen atoms in total. The molecule has 1 heterocycles. The van der Waals surface area contributed by atoms with E-state index < -0.39 is 17.1 Å². The van der Waals surface area contributed by atoms with Crippen LogP contribution in [0.2, 0.25) is 0 Å². The van der Waals surface area contributed by atoms with Gasteiger partial charge in [0.15, 0.2) is 0 Å². The molecule has 17 heavy (non-hydrogen) atoms. The summed E-state index contributed by atoms with van der Waals surface area (Å²) in [7, 11) is 0. The van der Waals surface area contributed by atoms with E-state index in [0.29, 0.717) is 11.8 Å². The van der Waals surface area contributed by atoms with Crippen LogP contribution in [0, 0.1) is 5.92 Å². The highest BCUT2D eigenvalue weighted by atomic mass is 32.2. The predicted octanol–water partition coefficient (Wildman–Crippen LogP) is 2.28. The van der Waals surface area contributed by atoms with Crippen molar-refractivity contribution in [1.82, 2.24) is 4.90 Å². The van der Waals surface area contributed by atoms with Crippen molar-refractivity contribution in [1.29, 1.82) is 0 Å². The molecule has 0 bridgehead atoms. The van der Waals surface area contributed by atoms with E-state index in [1.54, 1.807) is 11.8 Å². The van der Waals surface area contributed by atoms with Gasteiger partial charge in [-0.05, 0) is 6.92 Å². The quantitative estimate of drug-likeness (QED) is 0.806. The lowest BCUT2D eigenvalue weighted by atomic mass is 10.1. The fraction of sp³-hybridized carbons (Fsp3) is 0.900. The maximum Gasteiger partial charge on any atom is 0.399 e. The van der Waals surface area contributed by atoms with Crippen LogP contribution in [0.4, 0.5) is 13.2 Å². The van der Waals surface area contributed by atoms with Crippen molar-refractivity contribution in [2.24, 2.45) is 11.7 Å². The number of hydrogen-bond acceptors (Lipinski definition) is 3. The molecule has 0 aromatic heterocycles. The van der Waals surface area contributed by atoms with Crippen LogP contribution in [0.3, 0.4) is 0 Å². The third-order valence-corrected chi connectivity index (χ3v) is 4.79. The van der Waals surface area contributed by atoms with E-state index in [0.717, 1.165) is 5.75 Å². The highest BCUT2D eigenvalue weighted by Crippen LogP contribution is 2.31. The molecule has 0 radical (unpaired) electrons. The molecule has 0 aromatic rings. The van der Waals surface area contributed by atoms with Crippen LogP contribution in [0.25, 0.3) is 0 Å². The summed E-state index contributed by atoms with van der Waals surface area (Å²) in [5.41, 5.74) is 5.20. The standard InChI is InChI=1S/C10H17F3N2S2/c1-6-7(2)17-4-3-15(6)5-8(9(14)16)10(11,12)13/h6-8H,3-5H2,1-2H3,(H2,14,16).